The lowest BCUT2D eigenvalue weighted by Crippen LogP contribution is -2.27. The molecule has 58 heavy (non-hydrogen) atoms. The van der Waals surface area contributed by atoms with E-state index in [0.29, 0.717) is 17.5 Å². The molecule has 0 N–H and O–H groups in total. The monoisotopic (exact) mass is 743 g/mol. The van der Waals surface area contributed by atoms with E-state index in [-0.39, 0.29) is 5.41 Å². The Morgan fingerprint density at radius 2 is 0.845 bits per heavy atom. The topological polar surface area (TPSA) is 38.7 Å². The molecule has 3 heteroatoms. The first-order chi connectivity index (χ1) is 28.7. The van der Waals surface area contributed by atoms with Gasteiger partial charge in [-0.2, -0.15) is 0 Å². The van der Waals surface area contributed by atoms with Crippen LogP contribution in [0, 0.1) is 0 Å². The Morgan fingerprint density at radius 1 is 0.310 bits per heavy atom. The number of benzene rings is 8. The van der Waals surface area contributed by atoms with Crippen molar-refractivity contribution in [3.8, 4) is 78.7 Å². The maximum absolute atomic E-state index is 5.30. The van der Waals surface area contributed by atoms with Crippen LogP contribution in [-0.2, 0) is 5.41 Å². The fraction of sp³-hybridized carbons (Fsp3) is 0.109. The third kappa shape index (κ3) is 5.85. The van der Waals surface area contributed by atoms with Gasteiger partial charge in [0.1, 0.15) is 0 Å². The van der Waals surface area contributed by atoms with E-state index in [0.717, 1.165) is 33.2 Å². The highest BCUT2D eigenvalue weighted by atomic mass is 15.0. The molecule has 0 atom stereocenters. The summed E-state index contributed by atoms with van der Waals surface area (Å²) in [5, 5.41) is 2.37. The van der Waals surface area contributed by atoms with Gasteiger partial charge in [0.25, 0.3) is 0 Å². The van der Waals surface area contributed by atoms with Gasteiger partial charge in [0.15, 0.2) is 17.5 Å². The molecule has 0 saturated heterocycles. The van der Waals surface area contributed by atoms with Crippen molar-refractivity contribution in [3.63, 3.8) is 0 Å². The van der Waals surface area contributed by atoms with E-state index >= 15 is 0 Å². The summed E-state index contributed by atoms with van der Waals surface area (Å²) in [5.41, 5.74) is 15.8. The summed E-state index contributed by atoms with van der Waals surface area (Å²) in [7, 11) is 0. The van der Waals surface area contributed by atoms with Gasteiger partial charge in [-0.25, -0.2) is 15.0 Å². The third-order valence-electron chi connectivity index (χ3n) is 12.5. The quantitative estimate of drug-likeness (QED) is 0.170. The molecule has 0 bridgehead atoms. The molecule has 3 nitrogen and oxygen atoms in total. The zero-order valence-corrected chi connectivity index (χ0v) is 32.3. The van der Waals surface area contributed by atoms with E-state index in [2.05, 4.69) is 170 Å². The molecule has 1 spiro atoms. The van der Waals surface area contributed by atoms with Gasteiger partial charge in [0, 0.05) is 22.1 Å². The van der Waals surface area contributed by atoms with E-state index in [4.69, 9.17) is 15.0 Å². The second kappa shape index (κ2) is 14.2. The van der Waals surface area contributed by atoms with Gasteiger partial charge in [-0.1, -0.05) is 183 Å². The molecular formula is C55H41N3. The van der Waals surface area contributed by atoms with Crippen LogP contribution in [0.4, 0.5) is 0 Å². The molecule has 9 aromatic rings. The Hall–Kier alpha value is -6.97. The second-order valence-corrected chi connectivity index (χ2v) is 15.9. The summed E-state index contributed by atoms with van der Waals surface area (Å²) in [6.07, 6.45) is 6.34. The predicted octanol–water partition coefficient (Wildman–Crippen LogP) is 14.3. The zero-order chi connectivity index (χ0) is 38.5. The van der Waals surface area contributed by atoms with E-state index in [1.54, 1.807) is 0 Å². The van der Waals surface area contributed by atoms with Crippen molar-refractivity contribution in [2.45, 2.75) is 37.5 Å². The van der Waals surface area contributed by atoms with Gasteiger partial charge >= 0.3 is 0 Å². The van der Waals surface area contributed by atoms with Crippen LogP contribution in [0.1, 0.15) is 43.2 Å². The molecule has 2 aliphatic carbocycles. The number of rotatable bonds is 6. The summed E-state index contributed by atoms with van der Waals surface area (Å²) >= 11 is 0. The molecule has 0 unspecified atom stereocenters. The molecule has 2 aliphatic rings. The van der Waals surface area contributed by atoms with Crippen molar-refractivity contribution >= 4 is 10.8 Å². The highest BCUT2D eigenvalue weighted by molar-refractivity contribution is 6.01. The molecule has 0 amide bonds. The minimum absolute atomic E-state index is 0.126. The zero-order valence-electron chi connectivity index (χ0n) is 32.3. The van der Waals surface area contributed by atoms with Crippen molar-refractivity contribution in [2.24, 2.45) is 0 Å². The van der Waals surface area contributed by atoms with Crippen LogP contribution in [0.3, 0.4) is 0 Å². The normalized spacial score (nSPS) is 14.0. The summed E-state index contributed by atoms with van der Waals surface area (Å²) < 4.78 is 0. The second-order valence-electron chi connectivity index (χ2n) is 15.9. The third-order valence-corrected chi connectivity index (χ3v) is 12.5. The Balaban J connectivity index is 1.09. The van der Waals surface area contributed by atoms with E-state index in [9.17, 15) is 0 Å². The Labute approximate surface area is 339 Å². The fourth-order valence-electron chi connectivity index (χ4n) is 9.76. The number of hydrogen-bond donors (Lipinski definition) is 0. The lowest BCUT2D eigenvalue weighted by molar-refractivity contribution is 0.353. The standard InChI is InChI=1S/C55H41N3/c1-5-17-37(18-6-1)45-29-27-42(35-47(45)38-19-7-2-8-20-38)53-56-52(39-21-9-3-10-22-39)57-54(58-53)43-33-40-23-11-12-24-44(40)48(36-43)41-28-30-51-49(34-41)46-25-13-14-26-50(46)55(51)31-15-4-16-32-55/h1-3,5-14,17-30,33-36H,4,15-16,31-32H2. The van der Waals surface area contributed by atoms with Crippen LogP contribution in [0.5, 0.6) is 0 Å². The van der Waals surface area contributed by atoms with Crippen LogP contribution in [0.2, 0.25) is 0 Å². The van der Waals surface area contributed by atoms with Gasteiger partial charge in [-0.3, -0.25) is 0 Å². The molecule has 11 rings (SSSR count). The molecule has 1 aromatic heterocycles. The highest BCUT2D eigenvalue weighted by Crippen LogP contribution is 2.56. The summed E-state index contributed by atoms with van der Waals surface area (Å²) in [4.78, 5) is 15.7. The smallest absolute Gasteiger partial charge is 0.164 e. The average Bonchev–Trinajstić information content (AvgIpc) is 3.57. The van der Waals surface area contributed by atoms with Gasteiger partial charge < -0.3 is 0 Å². The minimum Gasteiger partial charge on any atom is -0.208 e. The van der Waals surface area contributed by atoms with Crippen LogP contribution in [-0.4, -0.2) is 15.0 Å². The lowest BCUT2D eigenvalue weighted by Gasteiger charge is -2.36. The summed E-state index contributed by atoms with van der Waals surface area (Å²) in [6.45, 7) is 0. The van der Waals surface area contributed by atoms with Crippen LogP contribution in [0.25, 0.3) is 89.4 Å². The molecule has 0 radical (unpaired) electrons. The first kappa shape index (κ1) is 34.3. The number of aromatic nitrogens is 3. The van der Waals surface area contributed by atoms with Crippen LogP contribution >= 0.6 is 0 Å². The van der Waals surface area contributed by atoms with Gasteiger partial charge in [0.2, 0.25) is 0 Å². The number of fused-ring (bicyclic) bond motifs is 6. The molecule has 276 valence electrons. The van der Waals surface area contributed by atoms with Crippen molar-refractivity contribution in [3.05, 3.63) is 199 Å². The molecule has 0 aliphatic heterocycles. The number of hydrogen-bond acceptors (Lipinski definition) is 3. The average molecular weight is 744 g/mol. The van der Waals surface area contributed by atoms with Crippen molar-refractivity contribution in [2.75, 3.05) is 0 Å². The maximum Gasteiger partial charge on any atom is 0.164 e. The Kier molecular flexibility index (Phi) is 8.40. The first-order valence-electron chi connectivity index (χ1n) is 20.6. The maximum atomic E-state index is 5.30. The van der Waals surface area contributed by atoms with Gasteiger partial charge in [-0.05, 0) is 104 Å². The van der Waals surface area contributed by atoms with Crippen molar-refractivity contribution in [1.29, 1.82) is 0 Å². The predicted molar refractivity (Wildman–Crippen MR) is 239 cm³/mol. The summed E-state index contributed by atoms with van der Waals surface area (Å²) in [6, 6.07) is 67.7. The lowest BCUT2D eigenvalue weighted by atomic mass is 9.68. The molecular weight excluding hydrogens is 703 g/mol. The van der Waals surface area contributed by atoms with E-state index < -0.39 is 0 Å². The highest BCUT2D eigenvalue weighted by Gasteiger charge is 2.43. The molecule has 1 saturated carbocycles. The van der Waals surface area contributed by atoms with Crippen molar-refractivity contribution in [1.82, 2.24) is 15.0 Å². The van der Waals surface area contributed by atoms with Gasteiger partial charge in [0.05, 0.1) is 0 Å². The summed E-state index contributed by atoms with van der Waals surface area (Å²) in [5.74, 6) is 1.94. The largest absolute Gasteiger partial charge is 0.208 e. The fourth-order valence-corrected chi connectivity index (χ4v) is 9.76. The Morgan fingerprint density at radius 3 is 1.59 bits per heavy atom. The van der Waals surface area contributed by atoms with Gasteiger partial charge in [-0.15, -0.1) is 0 Å². The van der Waals surface area contributed by atoms with Crippen LogP contribution in [0.15, 0.2) is 188 Å². The molecule has 1 heterocycles. The van der Waals surface area contributed by atoms with E-state index in [1.807, 2.05) is 18.2 Å². The SMILES string of the molecule is c1ccc(-c2nc(-c3ccc(-c4ccccc4)c(-c4ccccc4)c3)nc(-c3cc(-c4ccc5c(c4)-c4ccccc4C54CCCCC4)c4ccccc4c3)n2)cc1. The van der Waals surface area contributed by atoms with Crippen molar-refractivity contribution < 1.29 is 0 Å². The molecule has 1 fully saturated rings. The Bertz CT molecular complexity index is 2970. The molecule has 8 aromatic carbocycles. The number of nitrogens with zero attached hydrogens (tertiary/aromatic N) is 3. The van der Waals surface area contributed by atoms with Crippen LogP contribution < -0.4 is 0 Å². The van der Waals surface area contributed by atoms with E-state index in [1.165, 1.54) is 82.0 Å². The first-order valence-corrected chi connectivity index (χ1v) is 20.6. The minimum atomic E-state index is 0.126.